The zero-order valence-corrected chi connectivity index (χ0v) is 10.2. The van der Waals surface area contributed by atoms with Crippen molar-refractivity contribution in [2.24, 2.45) is 5.73 Å². The second kappa shape index (κ2) is 6.83. The van der Waals surface area contributed by atoms with Crippen LogP contribution in [0.15, 0.2) is 18.2 Å². The molecule has 1 amide bonds. The Balaban J connectivity index is 2.48. The van der Waals surface area contributed by atoms with Crippen molar-refractivity contribution in [2.75, 3.05) is 20.3 Å². The van der Waals surface area contributed by atoms with Crippen molar-refractivity contribution in [3.05, 3.63) is 23.8 Å². The van der Waals surface area contributed by atoms with E-state index in [1.807, 2.05) is 0 Å². The van der Waals surface area contributed by atoms with Crippen LogP contribution in [-0.4, -0.2) is 42.4 Å². The monoisotopic (exact) mass is 254 g/mol. The van der Waals surface area contributed by atoms with Crippen molar-refractivity contribution in [2.45, 2.75) is 12.5 Å². The summed E-state index contributed by atoms with van der Waals surface area (Å²) in [6.45, 7) is 0.797. The molecule has 0 heterocycles. The van der Waals surface area contributed by atoms with Crippen molar-refractivity contribution in [3.8, 4) is 11.5 Å². The first-order chi connectivity index (χ1) is 8.54. The highest BCUT2D eigenvalue weighted by molar-refractivity contribution is 5.97. The number of phenolic OH excluding ortho intramolecular Hbond substituents is 2. The van der Waals surface area contributed by atoms with E-state index in [-0.39, 0.29) is 23.1 Å². The van der Waals surface area contributed by atoms with Crippen LogP contribution in [0.3, 0.4) is 0 Å². The number of methoxy groups -OCH3 is 1. The van der Waals surface area contributed by atoms with Gasteiger partial charge in [0.15, 0.2) is 0 Å². The van der Waals surface area contributed by atoms with E-state index >= 15 is 0 Å². The molecule has 1 rings (SSSR count). The van der Waals surface area contributed by atoms with Gasteiger partial charge < -0.3 is 26.0 Å². The first-order valence-electron chi connectivity index (χ1n) is 5.59. The first kappa shape index (κ1) is 14.3. The molecule has 0 spiro atoms. The third-order valence-electron chi connectivity index (χ3n) is 2.41. The number of phenols is 2. The maximum Gasteiger partial charge on any atom is 0.255 e. The van der Waals surface area contributed by atoms with Gasteiger partial charge >= 0.3 is 0 Å². The smallest absolute Gasteiger partial charge is 0.255 e. The van der Waals surface area contributed by atoms with E-state index in [9.17, 15) is 15.0 Å². The van der Waals surface area contributed by atoms with Crippen LogP contribution in [0.5, 0.6) is 11.5 Å². The number of hydrogen-bond acceptors (Lipinski definition) is 5. The maximum atomic E-state index is 11.7. The van der Waals surface area contributed by atoms with E-state index in [0.29, 0.717) is 19.6 Å². The van der Waals surface area contributed by atoms with Crippen molar-refractivity contribution in [3.63, 3.8) is 0 Å². The molecule has 0 saturated heterocycles. The molecule has 1 aromatic carbocycles. The molecule has 0 aliphatic carbocycles. The minimum Gasteiger partial charge on any atom is -0.508 e. The van der Waals surface area contributed by atoms with Crippen LogP contribution >= 0.6 is 0 Å². The number of carbonyl (C=O) groups excluding carboxylic acids is 1. The highest BCUT2D eigenvalue weighted by Gasteiger charge is 2.12. The molecule has 1 unspecified atom stereocenters. The zero-order chi connectivity index (χ0) is 13.5. The van der Waals surface area contributed by atoms with Gasteiger partial charge in [-0.05, 0) is 24.6 Å². The van der Waals surface area contributed by atoms with Crippen LogP contribution in [0.2, 0.25) is 0 Å². The van der Waals surface area contributed by atoms with Crippen LogP contribution in [0.4, 0.5) is 0 Å². The summed E-state index contributed by atoms with van der Waals surface area (Å²) in [5, 5.41) is 21.3. The number of nitrogens with two attached hydrogens (primary N) is 1. The fourth-order valence-corrected chi connectivity index (χ4v) is 1.47. The number of rotatable bonds is 6. The van der Waals surface area contributed by atoms with Gasteiger partial charge in [-0.3, -0.25) is 4.79 Å². The second-order valence-electron chi connectivity index (χ2n) is 3.96. The lowest BCUT2D eigenvalue weighted by atomic mass is 10.1. The molecule has 1 atom stereocenters. The minimum atomic E-state index is -0.451. The summed E-state index contributed by atoms with van der Waals surface area (Å²) in [5.74, 6) is -0.700. The number of benzene rings is 1. The van der Waals surface area contributed by atoms with Crippen LogP contribution in [-0.2, 0) is 4.74 Å². The molecule has 0 bridgehead atoms. The van der Waals surface area contributed by atoms with Crippen molar-refractivity contribution < 1.29 is 19.7 Å². The van der Waals surface area contributed by atoms with Crippen molar-refractivity contribution in [1.29, 1.82) is 0 Å². The Kier molecular flexibility index (Phi) is 5.41. The summed E-state index contributed by atoms with van der Waals surface area (Å²) in [5.41, 5.74) is 5.73. The molecule has 0 aromatic heterocycles. The molecule has 6 nitrogen and oxygen atoms in total. The quantitative estimate of drug-likeness (QED) is 0.542. The lowest BCUT2D eigenvalue weighted by Gasteiger charge is -2.11. The summed E-state index contributed by atoms with van der Waals surface area (Å²) in [6, 6.07) is 3.63. The van der Waals surface area contributed by atoms with E-state index < -0.39 is 5.91 Å². The number of nitrogens with one attached hydrogen (secondary N) is 1. The van der Waals surface area contributed by atoms with E-state index in [1.165, 1.54) is 18.2 Å². The zero-order valence-electron chi connectivity index (χ0n) is 10.2. The van der Waals surface area contributed by atoms with Crippen molar-refractivity contribution >= 4 is 5.91 Å². The van der Waals surface area contributed by atoms with Gasteiger partial charge in [0.25, 0.3) is 5.91 Å². The topological polar surface area (TPSA) is 105 Å². The highest BCUT2D eigenvalue weighted by atomic mass is 16.5. The second-order valence-corrected chi connectivity index (χ2v) is 3.96. The van der Waals surface area contributed by atoms with Gasteiger partial charge in [0.05, 0.1) is 12.2 Å². The molecule has 0 saturated carbocycles. The Morgan fingerprint density at radius 2 is 2.22 bits per heavy atom. The number of hydrogen-bond donors (Lipinski definition) is 4. The van der Waals surface area contributed by atoms with Crippen LogP contribution in [0.25, 0.3) is 0 Å². The predicted molar refractivity (Wildman–Crippen MR) is 66.6 cm³/mol. The minimum absolute atomic E-state index is 0.0373. The van der Waals surface area contributed by atoms with Gasteiger partial charge in [-0.1, -0.05) is 0 Å². The number of carbonyl (C=O) groups is 1. The average Bonchev–Trinajstić information content (AvgIpc) is 2.32. The number of aromatic hydroxyl groups is 2. The number of amides is 1. The Labute approximate surface area is 105 Å². The molecule has 1 aromatic rings. The molecule has 18 heavy (non-hydrogen) atoms. The summed E-state index contributed by atoms with van der Waals surface area (Å²) < 4.78 is 4.87. The largest absolute Gasteiger partial charge is 0.508 e. The molecule has 6 heteroatoms. The maximum absolute atomic E-state index is 11.7. The average molecular weight is 254 g/mol. The van der Waals surface area contributed by atoms with E-state index in [4.69, 9.17) is 10.5 Å². The van der Waals surface area contributed by atoms with E-state index in [2.05, 4.69) is 5.32 Å². The predicted octanol–water partition coefficient (Wildman–Crippen LogP) is 0.191. The normalized spacial score (nSPS) is 12.1. The molecule has 5 N–H and O–H groups in total. The van der Waals surface area contributed by atoms with Crippen LogP contribution in [0, 0.1) is 0 Å². The van der Waals surface area contributed by atoms with Gasteiger partial charge in [-0.15, -0.1) is 0 Å². The molecule has 100 valence electrons. The van der Waals surface area contributed by atoms with Gasteiger partial charge in [0, 0.05) is 19.7 Å². The lowest BCUT2D eigenvalue weighted by molar-refractivity contribution is 0.0947. The van der Waals surface area contributed by atoms with E-state index in [1.54, 1.807) is 7.11 Å². The molecule has 0 aliphatic heterocycles. The summed E-state index contributed by atoms with van der Waals surface area (Å²) >= 11 is 0. The van der Waals surface area contributed by atoms with Crippen LogP contribution in [0.1, 0.15) is 16.8 Å². The summed E-state index contributed by atoms with van der Waals surface area (Å²) in [6.07, 6.45) is 0.569. The molecular weight excluding hydrogens is 236 g/mol. The summed E-state index contributed by atoms with van der Waals surface area (Å²) in [4.78, 5) is 11.7. The Bertz CT molecular complexity index is 409. The fourth-order valence-electron chi connectivity index (χ4n) is 1.47. The standard InChI is InChI=1S/C12H18N2O4/c1-18-7-8(13)4-5-14-12(17)10-6-9(15)2-3-11(10)16/h2-3,6,8,15-16H,4-5,7,13H2,1H3,(H,14,17). The Morgan fingerprint density at radius 3 is 2.89 bits per heavy atom. The van der Waals surface area contributed by atoms with Crippen LogP contribution < -0.4 is 11.1 Å². The lowest BCUT2D eigenvalue weighted by Crippen LogP contribution is -2.32. The Hall–Kier alpha value is -1.79. The third-order valence-corrected chi connectivity index (χ3v) is 2.41. The SMILES string of the molecule is COCC(N)CCNC(=O)c1cc(O)ccc1O. The molecule has 0 radical (unpaired) electrons. The van der Waals surface area contributed by atoms with Crippen molar-refractivity contribution in [1.82, 2.24) is 5.32 Å². The third kappa shape index (κ3) is 4.23. The van der Waals surface area contributed by atoms with Gasteiger partial charge in [-0.25, -0.2) is 0 Å². The van der Waals surface area contributed by atoms with Gasteiger partial charge in [-0.2, -0.15) is 0 Å². The molecular formula is C12H18N2O4. The highest BCUT2D eigenvalue weighted by Crippen LogP contribution is 2.21. The van der Waals surface area contributed by atoms with Gasteiger partial charge in [0.1, 0.15) is 11.5 Å². The molecule has 0 fully saturated rings. The number of ether oxygens (including phenoxy) is 1. The summed E-state index contributed by atoms with van der Waals surface area (Å²) in [7, 11) is 1.56. The van der Waals surface area contributed by atoms with Gasteiger partial charge in [0.2, 0.25) is 0 Å². The first-order valence-corrected chi connectivity index (χ1v) is 5.59. The fraction of sp³-hybridized carbons (Fsp3) is 0.417. The molecule has 0 aliphatic rings. The Morgan fingerprint density at radius 1 is 1.50 bits per heavy atom. The van der Waals surface area contributed by atoms with E-state index in [0.717, 1.165) is 0 Å².